The van der Waals surface area contributed by atoms with Gasteiger partial charge in [0.1, 0.15) is 5.60 Å². The molecule has 2 N–H and O–H groups in total. The number of ether oxygens (including phenoxy) is 1. The van der Waals surface area contributed by atoms with Gasteiger partial charge >= 0.3 is 6.09 Å². The molecule has 0 spiro atoms. The van der Waals surface area contributed by atoms with Crippen molar-refractivity contribution in [2.75, 3.05) is 11.9 Å². The minimum absolute atomic E-state index is 0.0801. The van der Waals surface area contributed by atoms with Gasteiger partial charge in [-0.25, -0.2) is 9.78 Å². The Morgan fingerprint density at radius 1 is 1.67 bits per heavy atom. The van der Waals surface area contributed by atoms with E-state index in [-0.39, 0.29) is 16.5 Å². The van der Waals surface area contributed by atoms with E-state index in [4.69, 9.17) is 9.84 Å². The van der Waals surface area contributed by atoms with Crippen molar-refractivity contribution in [1.29, 1.82) is 0 Å². The number of rotatable bonds is 3. The fourth-order valence-electron chi connectivity index (χ4n) is 1.01. The van der Waals surface area contributed by atoms with Crippen molar-refractivity contribution in [3.63, 3.8) is 0 Å². The van der Waals surface area contributed by atoms with Gasteiger partial charge in [-0.05, 0) is 20.8 Å². The molecule has 0 aliphatic heterocycles. The van der Waals surface area contributed by atoms with E-state index in [1.165, 1.54) is 5.38 Å². The maximum Gasteiger partial charge on any atom is 0.413 e. The van der Waals surface area contributed by atoms with Gasteiger partial charge in [0, 0.05) is 5.38 Å². The zero-order valence-corrected chi connectivity index (χ0v) is 11.1. The number of hydrogen-bond acceptors (Lipinski definition) is 7. The number of anilines is 1. The summed E-state index contributed by atoms with van der Waals surface area (Å²) >= 11 is 1.11. The first-order valence-corrected chi connectivity index (χ1v) is 5.99. The Kier molecular flexibility index (Phi) is 4.62. The Morgan fingerprint density at radius 2 is 2.33 bits per heavy atom. The number of amides is 1. The predicted octanol–water partition coefficient (Wildman–Crippen LogP) is 1.77. The van der Waals surface area contributed by atoms with E-state index in [0.29, 0.717) is 0 Å². The van der Waals surface area contributed by atoms with Gasteiger partial charge in [0.15, 0.2) is 5.13 Å². The summed E-state index contributed by atoms with van der Waals surface area (Å²) in [5.74, 6) is 0. The average molecular weight is 272 g/mol. The minimum atomic E-state index is -0.631. The van der Waals surface area contributed by atoms with Crippen LogP contribution < -0.4 is 5.32 Å². The quantitative estimate of drug-likeness (QED) is 0.644. The van der Waals surface area contributed by atoms with Crippen molar-refractivity contribution >= 4 is 28.3 Å². The number of aromatic nitrogens is 1. The predicted molar refractivity (Wildman–Crippen MR) is 69.0 cm³/mol. The number of carbonyl (C=O) groups is 1. The van der Waals surface area contributed by atoms with Crippen molar-refractivity contribution in [1.82, 2.24) is 4.98 Å². The first-order valence-electron chi connectivity index (χ1n) is 5.11. The number of nitrogens with zero attached hydrogens (tertiary/aromatic N) is 2. The van der Waals surface area contributed by atoms with Gasteiger partial charge < -0.3 is 20.2 Å². The summed E-state index contributed by atoms with van der Waals surface area (Å²) in [6.07, 6.45) is -0.631. The highest BCUT2D eigenvalue weighted by Gasteiger charge is 2.17. The molecule has 100 valence electrons. The highest BCUT2D eigenvalue weighted by atomic mass is 32.1. The molecule has 0 saturated heterocycles. The van der Waals surface area contributed by atoms with Crippen LogP contribution in [0.5, 0.6) is 0 Å². The maximum atomic E-state index is 11.4. The van der Waals surface area contributed by atoms with Gasteiger partial charge in [-0.1, -0.05) is 0 Å². The lowest BCUT2D eigenvalue weighted by Gasteiger charge is -2.18. The van der Waals surface area contributed by atoms with E-state index >= 15 is 0 Å². The van der Waals surface area contributed by atoms with Crippen LogP contribution in [0.4, 0.5) is 9.93 Å². The van der Waals surface area contributed by atoms with Crippen LogP contribution in [0.25, 0.3) is 0 Å². The topological polar surface area (TPSA) is 107 Å². The third kappa shape index (κ3) is 4.30. The van der Waals surface area contributed by atoms with Gasteiger partial charge in [0.2, 0.25) is 0 Å². The zero-order valence-electron chi connectivity index (χ0n) is 10.3. The van der Waals surface area contributed by atoms with Crippen LogP contribution in [0.15, 0.2) is 10.5 Å². The number of aliphatic hydroxyl groups is 1. The normalized spacial score (nSPS) is 12.3. The lowest BCUT2D eigenvalue weighted by atomic mass is 10.2. The first-order chi connectivity index (χ1) is 8.35. The Bertz CT molecular complexity index is 450. The van der Waals surface area contributed by atoms with Gasteiger partial charge in [0.05, 0.1) is 18.0 Å². The highest BCUT2D eigenvalue weighted by molar-refractivity contribution is 7.14. The van der Waals surface area contributed by atoms with Crippen LogP contribution >= 0.6 is 11.3 Å². The van der Waals surface area contributed by atoms with E-state index in [9.17, 15) is 10.0 Å². The lowest BCUT2D eigenvalue weighted by molar-refractivity contribution is 0.0636. The summed E-state index contributed by atoms with van der Waals surface area (Å²) in [6, 6.07) is 0. The molecule has 0 atom stereocenters. The lowest BCUT2D eigenvalue weighted by Crippen LogP contribution is -2.27. The molecular formula is C10H14N3O4S-. The highest BCUT2D eigenvalue weighted by Crippen LogP contribution is 2.17. The molecule has 1 aromatic rings. The zero-order chi connectivity index (χ0) is 13.8. The molecule has 0 radical (unpaired) electrons. The van der Waals surface area contributed by atoms with Crippen LogP contribution in [0.2, 0.25) is 0 Å². The number of thiazole rings is 1. The molecule has 1 heterocycles. The molecule has 0 aliphatic rings. The van der Waals surface area contributed by atoms with Crippen LogP contribution in [0.3, 0.4) is 0 Å². The van der Waals surface area contributed by atoms with Crippen LogP contribution in [0.1, 0.15) is 26.5 Å². The van der Waals surface area contributed by atoms with Crippen LogP contribution in [-0.2, 0) is 4.74 Å². The van der Waals surface area contributed by atoms with Crippen molar-refractivity contribution in [3.8, 4) is 0 Å². The van der Waals surface area contributed by atoms with E-state index in [1.807, 2.05) is 0 Å². The second-order valence-corrected chi connectivity index (χ2v) is 5.22. The largest absolute Gasteiger partial charge is 0.792 e. The molecule has 0 fully saturated rings. The van der Waals surface area contributed by atoms with E-state index in [2.05, 4.69) is 15.5 Å². The van der Waals surface area contributed by atoms with Gasteiger partial charge in [-0.2, -0.15) is 0 Å². The number of hydrogen-bond donors (Lipinski definition) is 2. The Balaban J connectivity index is 2.67. The molecule has 8 heteroatoms. The molecular weight excluding hydrogens is 258 g/mol. The monoisotopic (exact) mass is 272 g/mol. The molecule has 0 unspecified atom stereocenters. The molecule has 0 bridgehead atoms. The molecule has 1 amide bonds. The summed E-state index contributed by atoms with van der Waals surface area (Å²) in [4.78, 5) is 15.4. The third-order valence-corrected chi connectivity index (χ3v) is 2.43. The van der Waals surface area contributed by atoms with E-state index in [0.717, 1.165) is 11.3 Å². The molecule has 7 nitrogen and oxygen atoms in total. The van der Waals surface area contributed by atoms with Crippen molar-refractivity contribution in [2.45, 2.75) is 26.4 Å². The summed E-state index contributed by atoms with van der Waals surface area (Å²) < 4.78 is 5.04. The van der Waals surface area contributed by atoms with Crippen LogP contribution in [-0.4, -0.2) is 34.1 Å². The number of nitrogens with one attached hydrogen (secondary N) is 1. The summed E-state index contributed by atoms with van der Waals surface area (Å²) in [6.45, 7) is 4.73. The smallest absolute Gasteiger partial charge is 0.413 e. The third-order valence-electron chi connectivity index (χ3n) is 1.67. The summed E-state index contributed by atoms with van der Waals surface area (Å²) in [5.41, 5.74) is -0.441. The summed E-state index contributed by atoms with van der Waals surface area (Å²) in [5, 5.41) is 26.1. The molecule has 1 rings (SSSR count). The Hall–Kier alpha value is -1.67. The van der Waals surface area contributed by atoms with Crippen molar-refractivity contribution < 1.29 is 14.6 Å². The van der Waals surface area contributed by atoms with Crippen LogP contribution in [0, 0.1) is 5.21 Å². The molecule has 1 aromatic heterocycles. The van der Waals surface area contributed by atoms with E-state index < -0.39 is 18.3 Å². The fraction of sp³-hybridized carbons (Fsp3) is 0.500. The maximum absolute atomic E-state index is 11.4. The average Bonchev–Trinajstić information content (AvgIpc) is 2.65. The van der Waals surface area contributed by atoms with Crippen molar-refractivity contribution in [2.24, 2.45) is 5.16 Å². The number of aliphatic hydroxyl groups excluding tert-OH is 1. The Labute approximate surface area is 108 Å². The second-order valence-electron chi connectivity index (χ2n) is 4.36. The van der Waals surface area contributed by atoms with E-state index in [1.54, 1.807) is 20.8 Å². The summed E-state index contributed by atoms with van der Waals surface area (Å²) in [7, 11) is 0. The van der Waals surface area contributed by atoms with Gasteiger partial charge in [0.25, 0.3) is 0 Å². The molecule has 0 saturated carbocycles. The molecule has 0 aromatic carbocycles. The van der Waals surface area contributed by atoms with Gasteiger partial charge in [-0.3, -0.25) is 5.32 Å². The SMILES string of the molecule is CC(C)(C)OC(=O)Nc1nc(/C(CO)=N/[O-])cs1. The standard InChI is InChI=1S/C10H15N3O4S/c1-10(2,3)17-9(15)12-8-11-7(5-18-8)6(4-14)13-16/h5,14,16H,4H2,1-3H3,(H,11,12,15)/p-1/b13-6+. The van der Waals surface area contributed by atoms with Gasteiger partial charge in [-0.15, -0.1) is 11.3 Å². The fourth-order valence-corrected chi connectivity index (χ4v) is 1.72. The molecule has 0 aliphatic carbocycles. The minimum Gasteiger partial charge on any atom is -0.792 e. The van der Waals surface area contributed by atoms with Crippen molar-refractivity contribution in [3.05, 3.63) is 16.3 Å². The first kappa shape index (κ1) is 14.4. The Morgan fingerprint density at radius 3 is 2.83 bits per heavy atom. The number of carbonyl (C=O) groups excluding carboxylic acids is 1. The molecule has 18 heavy (non-hydrogen) atoms. The second kappa shape index (κ2) is 5.78.